The highest BCUT2D eigenvalue weighted by atomic mass is 16.5. The summed E-state index contributed by atoms with van der Waals surface area (Å²) >= 11 is 0. The van der Waals surface area contributed by atoms with Crippen LogP contribution in [-0.2, 0) is 9.53 Å². The third kappa shape index (κ3) is 5.97. The van der Waals surface area contributed by atoms with Crippen LogP contribution in [0, 0.1) is 5.92 Å². The van der Waals surface area contributed by atoms with Gasteiger partial charge in [0.05, 0.1) is 6.61 Å². The van der Waals surface area contributed by atoms with Crippen molar-refractivity contribution in [3.8, 4) is 0 Å². The lowest BCUT2D eigenvalue weighted by Crippen LogP contribution is -2.25. The molecule has 1 aliphatic carbocycles. The summed E-state index contributed by atoms with van der Waals surface area (Å²) in [6.45, 7) is 4.23. The van der Waals surface area contributed by atoms with Crippen molar-refractivity contribution in [1.82, 2.24) is 5.32 Å². The van der Waals surface area contributed by atoms with Crippen LogP contribution in [0.3, 0.4) is 0 Å². The monoisotopic (exact) mass is 199 g/mol. The van der Waals surface area contributed by atoms with Gasteiger partial charge in [0.25, 0.3) is 0 Å². The standard InChI is InChI=1S/C11H21NO2/c1-2-8-14-9-6-11(13)12-7-5-10-3-4-10/h10H,2-9H2,1H3,(H,12,13). The molecule has 1 aliphatic rings. The summed E-state index contributed by atoms with van der Waals surface area (Å²) < 4.78 is 5.23. The molecular formula is C11H21NO2. The molecule has 0 aromatic carbocycles. The van der Waals surface area contributed by atoms with E-state index < -0.39 is 0 Å². The molecule has 3 nitrogen and oxygen atoms in total. The van der Waals surface area contributed by atoms with Gasteiger partial charge in [-0.1, -0.05) is 19.8 Å². The number of rotatable bonds is 8. The lowest BCUT2D eigenvalue weighted by molar-refractivity contribution is -0.122. The van der Waals surface area contributed by atoms with Gasteiger partial charge in [0.2, 0.25) is 5.91 Å². The van der Waals surface area contributed by atoms with Crippen LogP contribution >= 0.6 is 0 Å². The first-order chi connectivity index (χ1) is 6.83. The first-order valence-electron chi connectivity index (χ1n) is 5.67. The van der Waals surface area contributed by atoms with Gasteiger partial charge in [-0.15, -0.1) is 0 Å². The predicted molar refractivity (Wildman–Crippen MR) is 56.1 cm³/mol. The number of carbonyl (C=O) groups is 1. The smallest absolute Gasteiger partial charge is 0.222 e. The molecule has 0 atom stereocenters. The van der Waals surface area contributed by atoms with Crippen molar-refractivity contribution >= 4 is 5.91 Å². The summed E-state index contributed by atoms with van der Waals surface area (Å²) in [6.07, 6.45) is 5.39. The zero-order valence-electron chi connectivity index (χ0n) is 9.05. The van der Waals surface area contributed by atoms with Gasteiger partial charge in [-0.05, 0) is 18.8 Å². The number of carbonyl (C=O) groups excluding carboxylic acids is 1. The molecule has 0 aliphatic heterocycles. The Balaban J connectivity index is 1.82. The maximum absolute atomic E-state index is 11.2. The fraction of sp³-hybridized carbons (Fsp3) is 0.909. The third-order valence-electron chi connectivity index (χ3n) is 2.39. The van der Waals surface area contributed by atoms with Crippen molar-refractivity contribution in [2.24, 2.45) is 5.92 Å². The Morgan fingerprint density at radius 1 is 1.43 bits per heavy atom. The van der Waals surface area contributed by atoms with Crippen LogP contribution in [0.2, 0.25) is 0 Å². The Labute approximate surface area is 86.2 Å². The molecule has 0 heterocycles. The minimum Gasteiger partial charge on any atom is -0.381 e. The molecule has 82 valence electrons. The van der Waals surface area contributed by atoms with Gasteiger partial charge in [0.1, 0.15) is 0 Å². The van der Waals surface area contributed by atoms with Crippen molar-refractivity contribution in [3.63, 3.8) is 0 Å². The molecular weight excluding hydrogens is 178 g/mol. The molecule has 1 saturated carbocycles. The average Bonchev–Trinajstić information content (AvgIpc) is 2.96. The van der Waals surface area contributed by atoms with Crippen LogP contribution in [-0.4, -0.2) is 25.7 Å². The van der Waals surface area contributed by atoms with E-state index in [0.717, 1.165) is 31.9 Å². The molecule has 1 amide bonds. The van der Waals surface area contributed by atoms with Gasteiger partial charge >= 0.3 is 0 Å². The Morgan fingerprint density at radius 3 is 2.86 bits per heavy atom. The Hall–Kier alpha value is -0.570. The van der Waals surface area contributed by atoms with E-state index in [-0.39, 0.29) is 5.91 Å². The SMILES string of the molecule is CCCOCCC(=O)NCCC1CC1. The molecule has 0 aromatic heterocycles. The van der Waals surface area contributed by atoms with Crippen LogP contribution < -0.4 is 5.32 Å². The van der Waals surface area contributed by atoms with E-state index in [1.165, 1.54) is 12.8 Å². The van der Waals surface area contributed by atoms with E-state index in [1.54, 1.807) is 0 Å². The van der Waals surface area contributed by atoms with E-state index in [9.17, 15) is 4.79 Å². The second-order valence-corrected chi connectivity index (χ2v) is 3.94. The topological polar surface area (TPSA) is 38.3 Å². The maximum Gasteiger partial charge on any atom is 0.222 e. The molecule has 3 heteroatoms. The summed E-state index contributed by atoms with van der Waals surface area (Å²) in [4.78, 5) is 11.2. The van der Waals surface area contributed by atoms with Crippen LogP contribution in [0.5, 0.6) is 0 Å². The highest BCUT2D eigenvalue weighted by Crippen LogP contribution is 2.31. The quantitative estimate of drug-likeness (QED) is 0.604. The van der Waals surface area contributed by atoms with Crippen LogP contribution in [0.25, 0.3) is 0 Å². The number of amides is 1. The normalized spacial score (nSPS) is 15.5. The summed E-state index contributed by atoms with van der Waals surface area (Å²) in [5.74, 6) is 1.02. The van der Waals surface area contributed by atoms with Gasteiger partial charge in [-0.2, -0.15) is 0 Å². The van der Waals surface area contributed by atoms with Gasteiger partial charge in [-0.3, -0.25) is 4.79 Å². The maximum atomic E-state index is 11.2. The van der Waals surface area contributed by atoms with Gasteiger partial charge < -0.3 is 10.1 Å². The first kappa shape index (κ1) is 11.5. The Morgan fingerprint density at radius 2 is 2.21 bits per heavy atom. The first-order valence-corrected chi connectivity index (χ1v) is 5.67. The molecule has 0 aromatic rings. The molecule has 1 rings (SSSR count). The molecule has 1 fully saturated rings. The summed E-state index contributed by atoms with van der Waals surface area (Å²) in [5.41, 5.74) is 0. The van der Waals surface area contributed by atoms with Crippen molar-refractivity contribution in [1.29, 1.82) is 0 Å². The zero-order chi connectivity index (χ0) is 10.2. The molecule has 14 heavy (non-hydrogen) atoms. The number of ether oxygens (including phenoxy) is 1. The van der Waals surface area contributed by atoms with Crippen LogP contribution in [0.15, 0.2) is 0 Å². The number of nitrogens with one attached hydrogen (secondary N) is 1. The molecule has 0 spiro atoms. The highest BCUT2D eigenvalue weighted by molar-refractivity contribution is 5.75. The largest absolute Gasteiger partial charge is 0.381 e. The molecule has 1 N–H and O–H groups in total. The third-order valence-corrected chi connectivity index (χ3v) is 2.39. The van der Waals surface area contributed by atoms with Gasteiger partial charge in [-0.25, -0.2) is 0 Å². The lowest BCUT2D eigenvalue weighted by Gasteiger charge is -2.04. The van der Waals surface area contributed by atoms with Gasteiger partial charge in [0.15, 0.2) is 0 Å². The van der Waals surface area contributed by atoms with E-state index in [2.05, 4.69) is 12.2 Å². The van der Waals surface area contributed by atoms with E-state index in [4.69, 9.17) is 4.74 Å². The number of hydrogen-bond donors (Lipinski definition) is 1. The van der Waals surface area contributed by atoms with Gasteiger partial charge in [0, 0.05) is 19.6 Å². The lowest BCUT2D eigenvalue weighted by atomic mass is 10.3. The van der Waals surface area contributed by atoms with Crippen LogP contribution in [0.1, 0.15) is 39.0 Å². The Kier molecular flexibility index (Phi) is 5.60. The highest BCUT2D eigenvalue weighted by Gasteiger charge is 2.20. The average molecular weight is 199 g/mol. The van der Waals surface area contributed by atoms with E-state index in [1.807, 2.05) is 0 Å². The van der Waals surface area contributed by atoms with Crippen molar-refractivity contribution in [2.45, 2.75) is 39.0 Å². The molecule has 0 saturated heterocycles. The fourth-order valence-corrected chi connectivity index (χ4v) is 1.32. The molecule has 0 bridgehead atoms. The molecule has 0 radical (unpaired) electrons. The van der Waals surface area contributed by atoms with Crippen molar-refractivity contribution in [3.05, 3.63) is 0 Å². The molecule has 0 unspecified atom stereocenters. The summed E-state index contributed by atoms with van der Waals surface area (Å²) in [7, 11) is 0. The minimum absolute atomic E-state index is 0.127. The van der Waals surface area contributed by atoms with Crippen LogP contribution in [0.4, 0.5) is 0 Å². The predicted octanol–water partition coefficient (Wildman–Crippen LogP) is 1.72. The number of hydrogen-bond acceptors (Lipinski definition) is 2. The van der Waals surface area contributed by atoms with Crippen molar-refractivity contribution in [2.75, 3.05) is 19.8 Å². The minimum atomic E-state index is 0.127. The second-order valence-electron chi connectivity index (χ2n) is 3.94. The second kappa shape index (κ2) is 6.82. The summed E-state index contributed by atoms with van der Waals surface area (Å²) in [5, 5.41) is 2.91. The van der Waals surface area contributed by atoms with Crippen molar-refractivity contribution < 1.29 is 9.53 Å². The van der Waals surface area contributed by atoms with E-state index >= 15 is 0 Å². The zero-order valence-corrected chi connectivity index (χ0v) is 9.05. The summed E-state index contributed by atoms with van der Waals surface area (Å²) in [6, 6.07) is 0. The Bertz CT molecular complexity index is 167. The fourth-order valence-electron chi connectivity index (χ4n) is 1.32. The van der Waals surface area contributed by atoms with E-state index in [0.29, 0.717) is 13.0 Å².